The molecule has 0 saturated heterocycles. The summed E-state index contributed by atoms with van der Waals surface area (Å²) in [6.07, 6.45) is 0. The zero-order valence-electron chi connectivity index (χ0n) is 14.7. The topological polar surface area (TPSA) is 92.2 Å². The van der Waals surface area contributed by atoms with Gasteiger partial charge in [-0.3, -0.25) is 9.59 Å². The first kappa shape index (κ1) is 16.9. The fourth-order valence-corrected chi connectivity index (χ4v) is 2.95. The molecule has 136 valence electrons. The summed E-state index contributed by atoms with van der Waals surface area (Å²) in [5.41, 5.74) is 1.73. The first-order valence-electron chi connectivity index (χ1n) is 8.42. The van der Waals surface area contributed by atoms with Crippen LogP contribution >= 0.6 is 0 Å². The molecule has 0 spiro atoms. The second kappa shape index (κ2) is 6.31. The monoisotopic (exact) mass is 365 g/mol. The number of halogens is 1. The number of hydrogen-bond donors (Lipinski definition) is 2. The zero-order chi connectivity index (χ0) is 19.1. The van der Waals surface area contributed by atoms with E-state index in [0.29, 0.717) is 17.1 Å². The fraction of sp³-hybridized carbons (Fsp3) is 0.158. The second-order valence-corrected chi connectivity index (χ2v) is 6.55. The van der Waals surface area contributed by atoms with Crippen LogP contribution in [0.25, 0.3) is 16.6 Å². The smallest absolute Gasteiger partial charge is 0.278 e. The summed E-state index contributed by atoms with van der Waals surface area (Å²) in [7, 11) is 0. The number of amides is 1. The number of aromatic amines is 1. The number of carbonyl (C=O) groups excluding carboxylic acids is 1. The van der Waals surface area contributed by atoms with E-state index in [2.05, 4.69) is 34.5 Å². The number of benzene rings is 2. The molecule has 0 aliphatic carbocycles. The second-order valence-electron chi connectivity index (χ2n) is 6.55. The van der Waals surface area contributed by atoms with Crippen LogP contribution in [0.1, 0.15) is 35.8 Å². The predicted octanol–water partition coefficient (Wildman–Crippen LogP) is 3.09. The summed E-state index contributed by atoms with van der Waals surface area (Å²) in [5, 5.41) is 10.5. The van der Waals surface area contributed by atoms with Gasteiger partial charge in [0.2, 0.25) is 0 Å². The lowest BCUT2D eigenvalue weighted by Gasteiger charge is -2.08. The Morgan fingerprint density at radius 3 is 2.81 bits per heavy atom. The van der Waals surface area contributed by atoms with Crippen LogP contribution in [0.3, 0.4) is 0 Å². The molecule has 0 radical (unpaired) electrons. The van der Waals surface area contributed by atoms with E-state index in [0.717, 1.165) is 5.56 Å². The highest BCUT2D eigenvalue weighted by Gasteiger charge is 2.20. The first-order chi connectivity index (χ1) is 12.9. The lowest BCUT2D eigenvalue weighted by Crippen LogP contribution is -2.18. The number of aromatic nitrogens is 4. The molecule has 0 aliphatic rings. The third-order valence-electron chi connectivity index (χ3n) is 4.35. The molecule has 0 aliphatic heterocycles. The van der Waals surface area contributed by atoms with Crippen LogP contribution in [-0.4, -0.2) is 25.7 Å². The maximum atomic E-state index is 13.4. The molecule has 1 amide bonds. The maximum Gasteiger partial charge on any atom is 0.278 e. The summed E-state index contributed by atoms with van der Waals surface area (Å²) in [5.74, 6) is -0.718. The van der Waals surface area contributed by atoms with Gasteiger partial charge in [-0.05, 0) is 41.8 Å². The summed E-state index contributed by atoms with van der Waals surface area (Å²) < 4.78 is 14.6. The van der Waals surface area contributed by atoms with Gasteiger partial charge in [-0.1, -0.05) is 31.2 Å². The molecule has 0 unspecified atom stereocenters. The number of nitrogens with one attached hydrogen (secondary N) is 2. The van der Waals surface area contributed by atoms with Gasteiger partial charge < -0.3 is 10.3 Å². The molecule has 0 bridgehead atoms. The number of hydrogen-bond acceptors (Lipinski definition) is 4. The van der Waals surface area contributed by atoms with Crippen molar-refractivity contribution in [3.8, 4) is 0 Å². The number of fused-ring (bicyclic) bond motifs is 3. The summed E-state index contributed by atoms with van der Waals surface area (Å²) >= 11 is 0. The van der Waals surface area contributed by atoms with Crippen molar-refractivity contribution in [3.63, 3.8) is 0 Å². The molecule has 2 aromatic carbocycles. The lowest BCUT2D eigenvalue weighted by atomic mass is 10.0. The molecule has 0 fully saturated rings. The highest BCUT2D eigenvalue weighted by molar-refractivity contribution is 6.07. The standard InChI is InChI=1S/C19H16FN5O2/c1-10(2)11-4-3-5-13(8-11)21-18(26)16-17-19(27)22-14-9-12(20)6-7-15(14)25(17)24-23-16/h3-10H,1-2H3,(H,21,26)(H,22,27). The van der Waals surface area contributed by atoms with Crippen molar-refractivity contribution in [3.05, 3.63) is 69.9 Å². The van der Waals surface area contributed by atoms with Crippen molar-refractivity contribution >= 4 is 28.1 Å². The largest absolute Gasteiger partial charge is 0.321 e. The van der Waals surface area contributed by atoms with Gasteiger partial charge in [-0.25, -0.2) is 8.91 Å². The van der Waals surface area contributed by atoms with Crippen LogP contribution in [0.15, 0.2) is 47.3 Å². The van der Waals surface area contributed by atoms with E-state index < -0.39 is 17.3 Å². The minimum atomic E-state index is -0.570. The van der Waals surface area contributed by atoms with Gasteiger partial charge in [-0.2, -0.15) is 0 Å². The molecule has 2 heterocycles. The van der Waals surface area contributed by atoms with Gasteiger partial charge in [0, 0.05) is 5.69 Å². The Balaban J connectivity index is 1.78. The Bertz CT molecular complexity index is 1240. The average molecular weight is 365 g/mol. The number of nitrogens with zero attached hydrogens (tertiary/aromatic N) is 3. The average Bonchev–Trinajstić information content (AvgIpc) is 3.07. The van der Waals surface area contributed by atoms with Crippen molar-refractivity contribution in [2.75, 3.05) is 5.32 Å². The maximum absolute atomic E-state index is 13.4. The lowest BCUT2D eigenvalue weighted by molar-refractivity contribution is 0.102. The molecule has 2 N–H and O–H groups in total. The molecule has 4 rings (SSSR count). The van der Waals surface area contributed by atoms with Gasteiger partial charge in [0.05, 0.1) is 11.0 Å². The van der Waals surface area contributed by atoms with Gasteiger partial charge in [0.15, 0.2) is 11.2 Å². The fourth-order valence-electron chi connectivity index (χ4n) is 2.95. The SMILES string of the molecule is CC(C)c1cccc(NC(=O)c2nnn3c2c(=O)[nH]c2cc(F)ccc23)c1. The molecule has 0 atom stereocenters. The van der Waals surface area contributed by atoms with Crippen molar-refractivity contribution in [2.24, 2.45) is 0 Å². The number of H-pyrrole nitrogens is 1. The van der Waals surface area contributed by atoms with Crippen LogP contribution in [0.4, 0.5) is 10.1 Å². The normalized spacial score (nSPS) is 11.4. The van der Waals surface area contributed by atoms with Gasteiger partial charge in [0.1, 0.15) is 5.82 Å². The van der Waals surface area contributed by atoms with Crippen LogP contribution in [0, 0.1) is 5.82 Å². The molecule has 0 saturated carbocycles. The van der Waals surface area contributed by atoms with Gasteiger partial charge in [0.25, 0.3) is 11.5 Å². The van der Waals surface area contributed by atoms with E-state index in [9.17, 15) is 14.0 Å². The first-order valence-corrected chi connectivity index (χ1v) is 8.42. The van der Waals surface area contributed by atoms with Crippen LogP contribution in [0.5, 0.6) is 0 Å². The van der Waals surface area contributed by atoms with Crippen molar-refractivity contribution < 1.29 is 9.18 Å². The molecule has 4 aromatic rings. The Kier molecular flexibility index (Phi) is 3.95. The van der Waals surface area contributed by atoms with Crippen LogP contribution < -0.4 is 10.9 Å². The van der Waals surface area contributed by atoms with E-state index in [1.54, 1.807) is 6.07 Å². The number of rotatable bonds is 3. The van der Waals surface area contributed by atoms with E-state index >= 15 is 0 Å². The highest BCUT2D eigenvalue weighted by Crippen LogP contribution is 2.20. The number of anilines is 1. The predicted molar refractivity (Wildman–Crippen MR) is 99.6 cm³/mol. The van der Waals surface area contributed by atoms with Gasteiger partial charge in [-0.15, -0.1) is 5.10 Å². The zero-order valence-corrected chi connectivity index (χ0v) is 14.7. The van der Waals surface area contributed by atoms with Crippen molar-refractivity contribution in [1.82, 2.24) is 19.8 Å². The van der Waals surface area contributed by atoms with E-state index in [4.69, 9.17) is 0 Å². The number of carbonyl (C=O) groups is 1. The molecular formula is C19H16FN5O2. The molecule has 27 heavy (non-hydrogen) atoms. The quantitative estimate of drug-likeness (QED) is 0.584. The Morgan fingerprint density at radius 2 is 2.04 bits per heavy atom. The Labute approximate surface area is 152 Å². The Hall–Kier alpha value is -3.55. The third-order valence-corrected chi connectivity index (χ3v) is 4.35. The molecule has 7 nitrogen and oxygen atoms in total. The molecule has 2 aromatic heterocycles. The minimum absolute atomic E-state index is 0.00613. The highest BCUT2D eigenvalue weighted by atomic mass is 19.1. The van der Waals surface area contributed by atoms with E-state index in [1.165, 1.54) is 22.7 Å². The van der Waals surface area contributed by atoms with Crippen LogP contribution in [-0.2, 0) is 0 Å². The summed E-state index contributed by atoms with van der Waals surface area (Å²) in [6.45, 7) is 4.11. The molecular weight excluding hydrogens is 349 g/mol. The summed E-state index contributed by atoms with van der Waals surface area (Å²) in [6, 6.07) is 11.4. The van der Waals surface area contributed by atoms with E-state index in [-0.39, 0.29) is 16.7 Å². The summed E-state index contributed by atoms with van der Waals surface area (Å²) in [4.78, 5) is 27.7. The van der Waals surface area contributed by atoms with Gasteiger partial charge >= 0.3 is 0 Å². The van der Waals surface area contributed by atoms with Crippen molar-refractivity contribution in [1.29, 1.82) is 0 Å². The minimum Gasteiger partial charge on any atom is -0.321 e. The van der Waals surface area contributed by atoms with E-state index in [1.807, 2.05) is 18.2 Å². The Morgan fingerprint density at radius 1 is 1.22 bits per heavy atom. The van der Waals surface area contributed by atoms with Crippen LogP contribution in [0.2, 0.25) is 0 Å². The van der Waals surface area contributed by atoms with Crippen molar-refractivity contribution in [2.45, 2.75) is 19.8 Å². The molecule has 8 heteroatoms. The third kappa shape index (κ3) is 2.95.